The minimum absolute atomic E-state index is 0.0129. The Morgan fingerprint density at radius 1 is 1.63 bits per heavy atom. The van der Waals surface area contributed by atoms with Gasteiger partial charge < -0.3 is 9.64 Å². The molecule has 1 aromatic carbocycles. The average molecular weight is 332 g/mol. The molecule has 2 unspecified atom stereocenters. The summed E-state index contributed by atoms with van der Waals surface area (Å²) in [6.07, 6.45) is 0.631. The number of nitrogens with two attached hydrogens (primary N) is 1. The van der Waals surface area contributed by atoms with Crippen LogP contribution in [0.1, 0.15) is 5.56 Å². The zero-order valence-electron chi connectivity index (χ0n) is 10.9. The molecule has 106 valence electrons. The molecule has 1 heterocycles. The van der Waals surface area contributed by atoms with Crippen LogP contribution >= 0.6 is 15.9 Å². The molecule has 6 heteroatoms. The third-order valence-electron chi connectivity index (χ3n) is 3.43. The van der Waals surface area contributed by atoms with E-state index in [2.05, 4.69) is 33.3 Å². The molecule has 1 aliphatic heterocycles. The lowest BCUT2D eigenvalue weighted by Crippen LogP contribution is -2.54. The summed E-state index contributed by atoms with van der Waals surface area (Å²) in [6, 6.07) is 4.99. The van der Waals surface area contributed by atoms with Crippen molar-refractivity contribution >= 4 is 15.9 Å². The van der Waals surface area contributed by atoms with E-state index in [0.717, 1.165) is 18.7 Å². The summed E-state index contributed by atoms with van der Waals surface area (Å²) < 4.78 is 19.7. The molecule has 0 aliphatic carbocycles. The second-order valence-electron chi connectivity index (χ2n) is 4.86. The molecule has 1 saturated heterocycles. The van der Waals surface area contributed by atoms with Crippen molar-refractivity contribution in [1.29, 1.82) is 0 Å². The van der Waals surface area contributed by atoms with Gasteiger partial charge >= 0.3 is 0 Å². The van der Waals surface area contributed by atoms with Crippen LogP contribution in [0, 0.1) is 5.82 Å². The molecule has 0 radical (unpaired) electrons. The van der Waals surface area contributed by atoms with E-state index in [1.807, 2.05) is 6.07 Å². The van der Waals surface area contributed by atoms with Crippen molar-refractivity contribution in [1.82, 2.24) is 10.3 Å². The second kappa shape index (κ2) is 6.76. The molecule has 0 spiro atoms. The van der Waals surface area contributed by atoms with Gasteiger partial charge in [0.15, 0.2) is 0 Å². The summed E-state index contributed by atoms with van der Waals surface area (Å²) in [5, 5.41) is 0. The van der Waals surface area contributed by atoms with Crippen molar-refractivity contribution in [3.8, 4) is 0 Å². The summed E-state index contributed by atoms with van der Waals surface area (Å²) in [4.78, 5) is 2.21. The fourth-order valence-electron chi connectivity index (χ4n) is 2.30. The molecular weight excluding hydrogens is 313 g/mol. The lowest BCUT2D eigenvalue weighted by atomic mass is 10.0. The van der Waals surface area contributed by atoms with Crippen LogP contribution in [0.2, 0.25) is 0 Å². The van der Waals surface area contributed by atoms with Crippen molar-refractivity contribution in [2.45, 2.75) is 18.6 Å². The Morgan fingerprint density at radius 3 is 3.11 bits per heavy atom. The zero-order valence-corrected chi connectivity index (χ0v) is 12.5. The van der Waals surface area contributed by atoms with E-state index in [9.17, 15) is 4.39 Å². The molecule has 0 aromatic heterocycles. The van der Waals surface area contributed by atoms with Crippen LogP contribution in [-0.2, 0) is 11.2 Å². The Kier molecular flexibility index (Phi) is 5.29. The summed E-state index contributed by atoms with van der Waals surface area (Å²) in [7, 11) is 2.06. The van der Waals surface area contributed by atoms with Crippen molar-refractivity contribution < 1.29 is 9.13 Å². The minimum atomic E-state index is -0.255. The standard InChI is InChI=1S/C13H19BrFN3O/c1-18-5-6-19-12(8-18)11(17-16)7-9-3-2-4-10(15)13(9)14/h2-4,11-12,17H,5-8,16H2,1H3. The Morgan fingerprint density at radius 2 is 2.42 bits per heavy atom. The largest absolute Gasteiger partial charge is 0.374 e. The van der Waals surface area contributed by atoms with Gasteiger partial charge in [0.05, 0.1) is 23.2 Å². The third kappa shape index (κ3) is 3.73. The van der Waals surface area contributed by atoms with Crippen LogP contribution in [0.25, 0.3) is 0 Å². The number of nitrogens with zero attached hydrogens (tertiary/aromatic N) is 1. The normalized spacial score (nSPS) is 22.4. The number of benzene rings is 1. The first-order chi connectivity index (χ1) is 9.11. The molecule has 2 atom stereocenters. The number of nitrogens with one attached hydrogen (secondary N) is 1. The average Bonchev–Trinajstić information content (AvgIpc) is 2.40. The number of hydrogen-bond acceptors (Lipinski definition) is 4. The molecule has 19 heavy (non-hydrogen) atoms. The number of hydrazine groups is 1. The molecule has 1 aliphatic rings. The van der Waals surface area contributed by atoms with Crippen LogP contribution in [0.4, 0.5) is 4.39 Å². The van der Waals surface area contributed by atoms with E-state index in [1.54, 1.807) is 6.07 Å². The molecule has 4 nitrogen and oxygen atoms in total. The molecule has 3 N–H and O–H groups in total. The van der Waals surface area contributed by atoms with Crippen LogP contribution in [0.5, 0.6) is 0 Å². The number of hydrogen-bond donors (Lipinski definition) is 2. The van der Waals surface area contributed by atoms with E-state index >= 15 is 0 Å². The lowest BCUT2D eigenvalue weighted by molar-refractivity contribution is -0.0384. The van der Waals surface area contributed by atoms with Gasteiger partial charge in [-0.2, -0.15) is 0 Å². The molecule has 0 amide bonds. The highest BCUT2D eigenvalue weighted by molar-refractivity contribution is 9.10. The molecule has 1 fully saturated rings. The van der Waals surface area contributed by atoms with E-state index < -0.39 is 0 Å². The number of ether oxygens (including phenoxy) is 1. The Bertz CT molecular complexity index is 432. The highest BCUT2D eigenvalue weighted by Crippen LogP contribution is 2.23. The quantitative estimate of drug-likeness (QED) is 0.645. The van der Waals surface area contributed by atoms with Crippen molar-refractivity contribution in [3.63, 3.8) is 0 Å². The van der Waals surface area contributed by atoms with Crippen molar-refractivity contribution in [2.24, 2.45) is 5.84 Å². The van der Waals surface area contributed by atoms with Gasteiger partial charge in [0, 0.05) is 13.1 Å². The predicted molar refractivity (Wildman–Crippen MR) is 76.2 cm³/mol. The first-order valence-corrected chi connectivity index (χ1v) is 7.10. The second-order valence-corrected chi connectivity index (χ2v) is 5.65. The first-order valence-electron chi connectivity index (χ1n) is 6.31. The van der Waals surface area contributed by atoms with E-state index in [-0.39, 0.29) is 18.0 Å². The fourth-order valence-corrected chi connectivity index (χ4v) is 2.72. The predicted octanol–water partition coefficient (Wildman–Crippen LogP) is 1.29. The molecular formula is C13H19BrFN3O. The Hall–Kier alpha value is -0.530. The lowest BCUT2D eigenvalue weighted by Gasteiger charge is -2.35. The number of halogens is 2. The maximum absolute atomic E-state index is 13.5. The Labute approximate surface area is 121 Å². The maximum atomic E-state index is 13.5. The maximum Gasteiger partial charge on any atom is 0.137 e. The zero-order chi connectivity index (χ0) is 13.8. The smallest absolute Gasteiger partial charge is 0.137 e. The molecule has 0 bridgehead atoms. The molecule has 1 aromatic rings. The number of likely N-dealkylation sites (N-methyl/N-ethyl adjacent to an activating group) is 1. The van der Waals surface area contributed by atoms with E-state index in [1.165, 1.54) is 6.07 Å². The number of rotatable bonds is 4. The third-order valence-corrected chi connectivity index (χ3v) is 4.32. The van der Waals surface area contributed by atoms with E-state index in [0.29, 0.717) is 17.5 Å². The summed E-state index contributed by atoms with van der Waals surface area (Å²) in [5.41, 5.74) is 3.68. The summed E-state index contributed by atoms with van der Waals surface area (Å²) >= 11 is 3.28. The minimum Gasteiger partial charge on any atom is -0.374 e. The Balaban J connectivity index is 2.08. The van der Waals surface area contributed by atoms with Gasteiger partial charge in [-0.25, -0.2) is 4.39 Å². The first kappa shape index (κ1) is 14.9. The van der Waals surface area contributed by atoms with E-state index in [4.69, 9.17) is 10.6 Å². The van der Waals surface area contributed by atoms with Crippen LogP contribution in [-0.4, -0.2) is 43.8 Å². The van der Waals surface area contributed by atoms with Crippen LogP contribution < -0.4 is 11.3 Å². The van der Waals surface area contributed by atoms with Gasteiger partial charge in [0.2, 0.25) is 0 Å². The fraction of sp³-hybridized carbons (Fsp3) is 0.538. The molecule has 0 saturated carbocycles. The van der Waals surface area contributed by atoms with Gasteiger partial charge in [0.25, 0.3) is 0 Å². The van der Waals surface area contributed by atoms with Crippen LogP contribution in [0.15, 0.2) is 22.7 Å². The highest BCUT2D eigenvalue weighted by atomic mass is 79.9. The van der Waals surface area contributed by atoms with Gasteiger partial charge in [0.1, 0.15) is 5.82 Å². The summed E-state index contributed by atoms with van der Waals surface area (Å²) in [5.74, 6) is 5.37. The molecule has 2 rings (SSSR count). The van der Waals surface area contributed by atoms with Gasteiger partial charge in [-0.3, -0.25) is 11.3 Å². The topological polar surface area (TPSA) is 50.5 Å². The van der Waals surface area contributed by atoms with Crippen LogP contribution in [0.3, 0.4) is 0 Å². The van der Waals surface area contributed by atoms with Gasteiger partial charge in [-0.15, -0.1) is 0 Å². The highest BCUT2D eigenvalue weighted by Gasteiger charge is 2.26. The van der Waals surface area contributed by atoms with Gasteiger partial charge in [-0.1, -0.05) is 12.1 Å². The summed E-state index contributed by atoms with van der Waals surface area (Å²) in [6.45, 7) is 2.45. The van der Waals surface area contributed by atoms with Gasteiger partial charge in [-0.05, 0) is 41.0 Å². The SMILES string of the molecule is CN1CCOC(C(Cc2cccc(F)c2Br)NN)C1. The van der Waals surface area contributed by atoms with Crippen molar-refractivity contribution in [3.05, 3.63) is 34.1 Å². The van der Waals surface area contributed by atoms with Crippen molar-refractivity contribution in [2.75, 3.05) is 26.7 Å². The monoisotopic (exact) mass is 331 g/mol. The number of morpholine rings is 1.